The highest BCUT2D eigenvalue weighted by Crippen LogP contribution is 2.23. The number of amides is 2. The molecule has 0 unspecified atom stereocenters. The lowest BCUT2D eigenvalue weighted by Gasteiger charge is -2.12. The molecule has 2 rings (SSSR count). The van der Waals surface area contributed by atoms with E-state index in [1.165, 1.54) is 6.26 Å². The van der Waals surface area contributed by atoms with Crippen LogP contribution in [0.1, 0.15) is 13.8 Å². The summed E-state index contributed by atoms with van der Waals surface area (Å²) in [5, 5.41) is 13.1. The molecule has 2 aromatic rings. The number of aromatic nitrogens is 2. The average molecular weight is 324 g/mol. The minimum Gasteiger partial charge on any atom is -0.459 e. The number of furan rings is 1. The number of nitrogens with one attached hydrogen (secondary N) is 2. The number of carbonyl (C=O) groups is 2. The lowest BCUT2D eigenvalue weighted by molar-refractivity contribution is -0.127. The molecule has 0 spiro atoms. The highest BCUT2D eigenvalue weighted by Gasteiger charge is 2.16. The van der Waals surface area contributed by atoms with Gasteiger partial charge in [0.05, 0.1) is 12.0 Å². The highest BCUT2D eigenvalue weighted by molar-refractivity contribution is 7.99. The molecule has 0 aliphatic rings. The molecule has 2 N–H and O–H groups in total. The van der Waals surface area contributed by atoms with Crippen molar-refractivity contribution in [2.24, 2.45) is 0 Å². The lowest BCUT2D eigenvalue weighted by atomic mass is 10.3. The monoisotopic (exact) mass is 324 g/mol. The van der Waals surface area contributed by atoms with E-state index in [-0.39, 0.29) is 28.7 Å². The van der Waals surface area contributed by atoms with Crippen LogP contribution >= 0.6 is 11.8 Å². The first kappa shape index (κ1) is 16.1. The molecule has 0 bridgehead atoms. The maximum Gasteiger partial charge on any atom is 0.284 e. The molecule has 0 aromatic carbocycles. The Morgan fingerprint density at radius 3 is 2.91 bits per heavy atom. The SMILES string of the molecule is CCNC(=O)[C@H](C)NC(=O)CSc1nnc(-c2ccco2)o1. The zero-order valence-corrected chi connectivity index (χ0v) is 13.0. The van der Waals surface area contributed by atoms with Crippen LogP contribution in [0.3, 0.4) is 0 Å². The molecule has 2 heterocycles. The number of nitrogens with zero attached hydrogens (tertiary/aromatic N) is 2. The van der Waals surface area contributed by atoms with Crippen molar-refractivity contribution >= 4 is 23.6 Å². The zero-order valence-electron chi connectivity index (χ0n) is 12.2. The van der Waals surface area contributed by atoms with Crippen LogP contribution in [0.5, 0.6) is 0 Å². The van der Waals surface area contributed by atoms with Gasteiger partial charge in [-0.15, -0.1) is 10.2 Å². The molecule has 22 heavy (non-hydrogen) atoms. The van der Waals surface area contributed by atoms with Gasteiger partial charge < -0.3 is 19.5 Å². The summed E-state index contributed by atoms with van der Waals surface area (Å²) in [5.74, 6) is 0.279. The smallest absolute Gasteiger partial charge is 0.284 e. The minimum atomic E-state index is -0.589. The molecule has 0 radical (unpaired) electrons. The second-order valence-electron chi connectivity index (χ2n) is 4.32. The molecule has 0 saturated heterocycles. The Bertz CT molecular complexity index is 626. The van der Waals surface area contributed by atoms with E-state index < -0.39 is 6.04 Å². The van der Waals surface area contributed by atoms with Gasteiger partial charge in [0.1, 0.15) is 6.04 Å². The molecule has 0 saturated carbocycles. The van der Waals surface area contributed by atoms with Gasteiger partial charge in [-0.1, -0.05) is 11.8 Å². The number of hydrogen-bond acceptors (Lipinski definition) is 7. The first-order valence-corrected chi connectivity index (χ1v) is 7.66. The van der Waals surface area contributed by atoms with E-state index in [0.29, 0.717) is 12.3 Å². The van der Waals surface area contributed by atoms with Crippen molar-refractivity contribution in [2.75, 3.05) is 12.3 Å². The molecule has 1 atom stereocenters. The predicted molar refractivity (Wildman–Crippen MR) is 79.0 cm³/mol. The maximum atomic E-state index is 11.8. The van der Waals surface area contributed by atoms with Gasteiger partial charge in [-0.2, -0.15) is 0 Å². The lowest BCUT2D eigenvalue weighted by Crippen LogP contribution is -2.45. The molecule has 0 aliphatic heterocycles. The fraction of sp³-hybridized carbons (Fsp3) is 0.385. The van der Waals surface area contributed by atoms with Crippen LogP contribution in [0.25, 0.3) is 11.7 Å². The van der Waals surface area contributed by atoms with Gasteiger partial charge in [0.25, 0.3) is 11.1 Å². The second kappa shape index (κ2) is 7.64. The summed E-state index contributed by atoms with van der Waals surface area (Å²) in [6.45, 7) is 3.95. The van der Waals surface area contributed by atoms with Gasteiger partial charge in [0.2, 0.25) is 11.8 Å². The Hall–Kier alpha value is -2.29. The molecular weight excluding hydrogens is 308 g/mol. The van der Waals surface area contributed by atoms with E-state index in [9.17, 15) is 9.59 Å². The molecule has 9 heteroatoms. The number of thioether (sulfide) groups is 1. The van der Waals surface area contributed by atoms with E-state index in [4.69, 9.17) is 8.83 Å². The Labute approximate surface area is 131 Å². The van der Waals surface area contributed by atoms with Gasteiger partial charge >= 0.3 is 0 Å². The van der Waals surface area contributed by atoms with Crippen molar-refractivity contribution in [3.63, 3.8) is 0 Å². The summed E-state index contributed by atoms with van der Waals surface area (Å²) in [6, 6.07) is 2.82. The van der Waals surface area contributed by atoms with Crippen LogP contribution in [-0.4, -0.2) is 40.4 Å². The minimum absolute atomic E-state index is 0.0729. The maximum absolute atomic E-state index is 11.8. The quantitative estimate of drug-likeness (QED) is 0.733. The second-order valence-corrected chi connectivity index (χ2v) is 5.25. The summed E-state index contributed by atoms with van der Waals surface area (Å²) in [5.41, 5.74) is 0. The van der Waals surface area contributed by atoms with Crippen LogP contribution in [0.15, 0.2) is 32.5 Å². The Kier molecular flexibility index (Phi) is 5.59. The summed E-state index contributed by atoms with van der Waals surface area (Å²) >= 11 is 1.09. The topological polar surface area (TPSA) is 110 Å². The average Bonchev–Trinajstić information content (AvgIpc) is 3.16. The largest absolute Gasteiger partial charge is 0.459 e. The van der Waals surface area contributed by atoms with Gasteiger partial charge in [-0.3, -0.25) is 9.59 Å². The Morgan fingerprint density at radius 2 is 2.23 bits per heavy atom. The number of rotatable bonds is 7. The van der Waals surface area contributed by atoms with Crippen LogP contribution in [0.2, 0.25) is 0 Å². The van der Waals surface area contributed by atoms with Crippen LogP contribution in [0.4, 0.5) is 0 Å². The van der Waals surface area contributed by atoms with E-state index in [2.05, 4.69) is 20.8 Å². The molecule has 2 amide bonds. The van der Waals surface area contributed by atoms with E-state index >= 15 is 0 Å². The van der Waals surface area contributed by atoms with Crippen LogP contribution < -0.4 is 10.6 Å². The molecule has 118 valence electrons. The van der Waals surface area contributed by atoms with Gasteiger partial charge in [-0.25, -0.2) is 0 Å². The van der Waals surface area contributed by atoms with Crippen LogP contribution in [-0.2, 0) is 9.59 Å². The zero-order chi connectivity index (χ0) is 15.9. The summed E-state index contributed by atoms with van der Waals surface area (Å²) in [4.78, 5) is 23.3. The Morgan fingerprint density at radius 1 is 1.41 bits per heavy atom. The van der Waals surface area contributed by atoms with E-state index in [0.717, 1.165) is 11.8 Å². The first-order valence-electron chi connectivity index (χ1n) is 6.67. The van der Waals surface area contributed by atoms with Crippen molar-refractivity contribution in [3.05, 3.63) is 18.4 Å². The van der Waals surface area contributed by atoms with E-state index in [1.807, 2.05) is 6.92 Å². The molecule has 0 aliphatic carbocycles. The summed E-state index contributed by atoms with van der Waals surface area (Å²) in [7, 11) is 0. The third-order valence-electron chi connectivity index (χ3n) is 2.59. The van der Waals surface area contributed by atoms with Crippen LogP contribution in [0, 0.1) is 0 Å². The van der Waals surface area contributed by atoms with Crippen molar-refractivity contribution in [2.45, 2.75) is 25.1 Å². The normalized spacial score (nSPS) is 11.9. The van der Waals surface area contributed by atoms with E-state index in [1.54, 1.807) is 19.1 Å². The molecule has 0 fully saturated rings. The molecule has 2 aromatic heterocycles. The first-order chi connectivity index (χ1) is 10.6. The highest BCUT2D eigenvalue weighted by atomic mass is 32.2. The van der Waals surface area contributed by atoms with Gasteiger partial charge in [-0.05, 0) is 26.0 Å². The van der Waals surface area contributed by atoms with Gasteiger partial charge in [0.15, 0.2) is 5.76 Å². The fourth-order valence-corrected chi connectivity index (χ4v) is 2.15. The summed E-state index contributed by atoms with van der Waals surface area (Å²) < 4.78 is 10.5. The number of hydrogen-bond donors (Lipinski definition) is 2. The van der Waals surface area contributed by atoms with Crippen molar-refractivity contribution in [3.8, 4) is 11.7 Å². The third kappa shape index (κ3) is 4.35. The van der Waals surface area contributed by atoms with Crippen molar-refractivity contribution in [1.29, 1.82) is 0 Å². The molecule has 8 nitrogen and oxygen atoms in total. The predicted octanol–water partition coefficient (Wildman–Crippen LogP) is 1.06. The van der Waals surface area contributed by atoms with Crippen molar-refractivity contribution in [1.82, 2.24) is 20.8 Å². The van der Waals surface area contributed by atoms with Crippen molar-refractivity contribution < 1.29 is 18.4 Å². The summed E-state index contributed by atoms with van der Waals surface area (Å²) in [6.07, 6.45) is 1.50. The number of carbonyl (C=O) groups excluding carboxylic acids is 2. The number of likely N-dealkylation sites (N-methyl/N-ethyl adjacent to an activating group) is 1. The Balaban J connectivity index is 1.80. The fourth-order valence-electron chi connectivity index (χ4n) is 1.57. The standard InChI is InChI=1S/C13H16N4O4S/c1-3-14-11(19)8(2)15-10(18)7-22-13-17-16-12(21-13)9-5-4-6-20-9/h4-6,8H,3,7H2,1-2H3,(H,14,19)(H,15,18)/t8-/m0/s1. The molecular formula is C13H16N4O4S. The van der Waals surface area contributed by atoms with Gasteiger partial charge in [0, 0.05) is 6.54 Å². The third-order valence-corrected chi connectivity index (χ3v) is 3.41.